The Bertz CT molecular complexity index is 859. The summed E-state index contributed by atoms with van der Waals surface area (Å²) < 4.78 is 5.31. The molecule has 38 heavy (non-hydrogen) atoms. The molecule has 1 aliphatic carbocycles. The molecule has 214 valence electrons. The van der Waals surface area contributed by atoms with Crippen molar-refractivity contribution < 1.29 is 19.1 Å². The first-order valence-corrected chi connectivity index (χ1v) is 15.7. The van der Waals surface area contributed by atoms with E-state index in [2.05, 4.69) is 28.1 Å². The van der Waals surface area contributed by atoms with E-state index < -0.39 is 18.2 Å². The number of nitrogens with one attached hydrogen (secondary N) is 3. The largest absolute Gasteiger partial charge is 0.447 e. The molecule has 2 aliphatic rings. The predicted molar refractivity (Wildman–Crippen MR) is 159 cm³/mol. The van der Waals surface area contributed by atoms with Gasteiger partial charge in [-0.15, -0.1) is 24.2 Å². The van der Waals surface area contributed by atoms with Gasteiger partial charge in [0.25, 0.3) is 0 Å². The van der Waals surface area contributed by atoms with E-state index in [-0.39, 0.29) is 30.3 Å². The highest BCUT2D eigenvalue weighted by Crippen LogP contribution is 2.27. The minimum absolute atomic E-state index is 0. The van der Waals surface area contributed by atoms with E-state index in [0.717, 1.165) is 12.3 Å². The molecule has 1 aromatic rings. The van der Waals surface area contributed by atoms with Gasteiger partial charge in [0.15, 0.2) is 0 Å². The normalized spacial score (nSPS) is 18.5. The molecule has 3 rings (SSSR count). The molecule has 1 saturated carbocycles. The quantitative estimate of drug-likeness (QED) is 0.300. The van der Waals surface area contributed by atoms with Crippen molar-refractivity contribution in [3.05, 3.63) is 35.9 Å². The topological polar surface area (TPSA) is 99.8 Å². The van der Waals surface area contributed by atoms with E-state index in [9.17, 15) is 14.4 Å². The Balaban J connectivity index is 0.00000507. The van der Waals surface area contributed by atoms with Gasteiger partial charge in [-0.1, -0.05) is 49.6 Å². The Morgan fingerprint density at radius 3 is 2.55 bits per heavy atom. The van der Waals surface area contributed by atoms with Crippen LogP contribution >= 0.6 is 35.9 Å². The minimum Gasteiger partial charge on any atom is -0.447 e. The molecule has 1 saturated heterocycles. The molecule has 0 unspecified atom stereocenters. The molecule has 3 N–H and O–H groups in total. The van der Waals surface area contributed by atoms with Crippen LogP contribution in [0.15, 0.2) is 30.3 Å². The van der Waals surface area contributed by atoms with Crippen molar-refractivity contribution in [1.82, 2.24) is 20.9 Å². The molecule has 0 spiro atoms. The molecule has 3 amide bonds. The third-order valence-corrected chi connectivity index (χ3v) is 8.81. The molecular formula is C27H43ClN4O4S2. The van der Waals surface area contributed by atoms with Crippen molar-refractivity contribution in [2.24, 2.45) is 5.92 Å². The molecule has 1 heterocycles. The monoisotopic (exact) mass is 586 g/mol. The van der Waals surface area contributed by atoms with Gasteiger partial charge >= 0.3 is 6.09 Å². The van der Waals surface area contributed by atoms with Crippen LogP contribution in [0.1, 0.15) is 51.5 Å². The fraction of sp³-hybridized carbons (Fsp3) is 0.667. The lowest BCUT2D eigenvalue weighted by atomic mass is 9.91. The van der Waals surface area contributed by atoms with Crippen molar-refractivity contribution in [3.8, 4) is 0 Å². The maximum Gasteiger partial charge on any atom is 0.411 e. The SMILES string of the molecule is CC(C)OC(=O)N1CSC[C@H]1C(=O)N[C@@H](CSCC1CCCCC1)C(=O)NCCNCc1ccccc1.Cl. The van der Waals surface area contributed by atoms with Crippen LogP contribution in [0.3, 0.4) is 0 Å². The van der Waals surface area contributed by atoms with Crippen LogP contribution < -0.4 is 16.0 Å². The van der Waals surface area contributed by atoms with Crippen LogP contribution in [-0.4, -0.2) is 77.2 Å². The first kappa shape index (κ1) is 32.6. The highest BCUT2D eigenvalue weighted by atomic mass is 35.5. The van der Waals surface area contributed by atoms with Crippen LogP contribution in [0.25, 0.3) is 0 Å². The van der Waals surface area contributed by atoms with Crippen molar-refractivity contribution >= 4 is 53.8 Å². The molecule has 0 bridgehead atoms. The Labute approximate surface area is 241 Å². The number of hydrogen-bond donors (Lipinski definition) is 3. The summed E-state index contributed by atoms with van der Waals surface area (Å²) in [6, 6.07) is 8.82. The molecule has 11 heteroatoms. The van der Waals surface area contributed by atoms with Crippen LogP contribution in [-0.2, 0) is 20.9 Å². The summed E-state index contributed by atoms with van der Waals surface area (Å²) in [6.45, 7) is 5.40. The zero-order chi connectivity index (χ0) is 26.5. The highest BCUT2D eigenvalue weighted by Gasteiger charge is 2.37. The fourth-order valence-electron chi connectivity index (χ4n) is 4.49. The number of amides is 3. The summed E-state index contributed by atoms with van der Waals surface area (Å²) in [6.07, 6.45) is 5.62. The average Bonchev–Trinajstić information content (AvgIpc) is 3.39. The van der Waals surface area contributed by atoms with E-state index in [1.165, 1.54) is 54.3 Å². The molecule has 1 aliphatic heterocycles. The van der Waals surface area contributed by atoms with Crippen LogP contribution in [0.4, 0.5) is 4.79 Å². The van der Waals surface area contributed by atoms with E-state index in [1.54, 1.807) is 25.6 Å². The highest BCUT2D eigenvalue weighted by molar-refractivity contribution is 7.99. The third kappa shape index (κ3) is 11.2. The number of nitrogens with zero attached hydrogens (tertiary/aromatic N) is 1. The van der Waals surface area contributed by atoms with Crippen molar-refractivity contribution in [2.75, 3.05) is 36.2 Å². The van der Waals surface area contributed by atoms with Gasteiger partial charge in [0.2, 0.25) is 11.8 Å². The van der Waals surface area contributed by atoms with Gasteiger partial charge in [-0.05, 0) is 43.9 Å². The smallest absolute Gasteiger partial charge is 0.411 e. The number of carbonyl (C=O) groups is 3. The fourth-order valence-corrected chi connectivity index (χ4v) is 6.91. The van der Waals surface area contributed by atoms with E-state index in [4.69, 9.17) is 4.74 Å². The number of ether oxygens (including phenoxy) is 1. The molecule has 0 radical (unpaired) electrons. The van der Waals surface area contributed by atoms with Crippen LogP contribution in [0.2, 0.25) is 0 Å². The maximum absolute atomic E-state index is 13.2. The lowest BCUT2D eigenvalue weighted by Crippen LogP contribution is -2.55. The molecule has 2 atom stereocenters. The van der Waals surface area contributed by atoms with Gasteiger partial charge in [-0.25, -0.2) is 4.79 Å². The van der Waals surface area contributed by atoms with E-state index in [0.29, 0.717) is 36.4 Å². The summed E-state index contributed by atoms with van der Waals surface area (Å²) in [4.78, 5) is 40.2. The number of halogens is 1. The Morgan fingerprint density at radius 2 is 1.84 bits per heavy atom. The summed E-state index contributed by atoms with van der Waals surface area (Å²) >= 11 is 3.25. The molecule has 2 fully saturated rings. The van der Waals surface area contributed by atoms with Gasteiger partial charge in [0, 0.05) is 31.1 Å². The zero-order valence-electron chi connectivity index (χ0n) is 22.5. The van der Waals surface area contributed by atoms with Crippen LogP contribution in [0, 0.1) is 5.92 Å². The van der Waals surface area contributed by atoms with Gasteiger partial charge in [-0.3, -0.25) is 14.5 Å². The lowest BCUT2D eigenvalue weighted by molar-refractivity contribution is -0.130. The predicted octanol–water partition coefficient (Wildman–Crippen LogP) is 4.03. The van der Waals surface area contributed by atoms with Gasteiger partial charge < -0.3 is 20.7 Å². The maximum atomic E-state index is 13.2. The number of hydrogen-bond acceptors (Lipinski definition) is 7. The van der Waals surface area contributed by atoms with E-state index in [1.807, 2.05) is 18.2 Å². The van der Waals surface area contributed by atoms with Crippen molar-refractivity contribution in [1.29, 1.82) is 0 Å². The zero-order valence-corrected chi connectivity index (χ0v) is 24.9. The molecule has 0 aromatic heterocycles. The Kier molecular flexibility index (Phi) is 15.3. The summed E-state index contributed by atoms with van der Waals surface area (Å²) in [5.74, 6) is 2.62. The first-order valence-electron chi connectivity index (χ1n) is 13.4. The minimum atomic E-state index is -0.649. The van der Waals surface area contributed by atoms with Crippen molar-refractivity contribution in [2.45, 2.75) is 70.7 Å². The van der Waals surface area contributed by atoms with E-state index >= 15 is 0 Å². The van der Waals surface area contributed by atoms with Gasteiger partial charge in [0.1, 0.15) is 12.1 Å². The summed E-state index contributed by atoms with van der Waals surface area (Å²) in [7, 11) is 0. The number of rotatable bonds is 13. The lowest BCUT2D eigenvalue weighted by Gasteiger charge is -2.26. The summed E-state index contributed by atoms with van der Waals surface area (Å²) in [5, 5.41) is 9.25. The standard InChI is InChI=1S/C27H42N4O4S2.ClH/c1-20(2)35-27(34)31-19-37-18-24(31)26(33)30-23(17-36-16-22-11-7-4-8-12-22)25(32)29-14-13-28-15-21-9-5-3-6-10-21;/h3,5-6,9-10,20,22-24,28H,4,7-8,11-19H2,1-2H3,(H,29,32)(H,30,33);1H/t23-,24-;/m0./s1. The van der Waals surface area contributed by atoms with Crippen molar-refractivity contribution in [3.63, 3.8) is 0 Å². The Hall–Kier alpha value is -1.62. The first-order chi connectivity index (χ1) is 17.9. The van der Waals surface area contributed by atoms with Gasteiger partial charge in [0.05, 0.1) is 12.0 Å². The second kappa shape index (κ2) is 17.9. The number of benzene rings is 1. The summed E-state index contributed by atoms with van der Waals surface area (Å²) in [5.41, 5.74) is 1.19. The second-order valence-electron chi connectivity index (χ2n) is 9.97. The average molecular weight is 587 g/mol. The molecular weight excluding hydrogens is 544 g/mol. The molecule has 1 aromatic carbocycles. The molecule has 8 nitrogen and oxygen atoms in total. The number of carbonyl (C=O) groups excluding carboxylic acids is 3. The third-order valence-electron chi connectivity index (χ3n) is 6.52. The Morgan fingerprint density at radius 1 is 1.11 bits per heavy atom. The number of thioether (sulfide) groups is 2. The second-order valence-corrected chi connectivity index (χ2v) is 12.0. The van der Waals surface area contributed by atoms with Crippen LogP contribution in [0.5, 0.6) is 0 Å². The van der Waals surface area contributed by atoms with Gasteiger partial charge in [-0.2, -0.15) is 11.8 Å².